The highest BCUT2D eigenvalue weighted by Gasteiger charge is 2.43. The number of piperidine rings is 1. The highest BCUT2D eigenvalue weighted by atomic mass is 19.3. The van der Waals surface area contributed by atoms with Gasteiger partial charge in [0.2, 0.25) is 0 Å². The van der Waals surface area contributed by atoms with Crippen molar-refractivity contribution in [2.75, 3.05) is 18.0 Å². The molecular formula is C12H11F2NO3. The van der Waals surface area contributed by atoms with E-state index in [-0.39, 0.29) is 17.3 Å². The second kappa shape index (κ2) is 3.83. The van der Waals surface area contributed by atoms with Crippen LogP contribution in [0.4, 0.5) is 14.5 Å². The maximum atomic E-state index is 12.9. The molecule has 1 aromatic rings. The molecule has 4 nitrogen and oxygen atoms in total. The molecular weight excluding hydrogens is 244 g/mol. The fourth-order valence-electron chi connectivity index (χ4n) is 2.15. The number of hydrogen-bond acceptors (Lipinski definition) is 4. The van der Waals surface area contributed by atoms with Crippen molar-refractivity contribution in [3.05, 3.63) is 18.2 Å². The Morgan fingerprint density at radius 3 is 2.50 bits per heavy atom. The molecule has 0 amide bonds. The van der Waals surface area contributed by atoms with Gasteiger partial charge < -0.3 is 14.4 Å². The van der Waals surface area contributed by atoms with Crippen molar-refractivity contribution in [3.63, 3.8) is 0 Å². The number of carbonyl (C=O) groups is 1. The molecule has 0 saturated carbocycles. The summed E-state index contributed by atoms with van der Waals surface area (Å²) in [5, 5.41) is 0. The predicted octanol–water partition coefficient (Wildman–Crippen LogP) is 2.18. The molecule has 1 fully saturated rings. The van der Waals surface area contributed by atoms with Crippen LogP contribution in [0.3, 0.4) is 0 Å². The summed E-state index contributed by atoms with van der Waals surface area (Å²) >= 11 is 0. The third-order valence-electron chi connectivity index (χ3n) is 3.07. The van der Waals surface area contributed by atoms with Crippen LogP contribution in [0, 0.1) is 0 Å². The first-order valence-corrected chi connectivity index (χ1v) is 5.70. The minimum Gasteiger partial charge on any atom is -0.395 e. The van der Waals surface area contributed by atoms with Gasteiger partial charge in [0, 0.05) is 37.7 Å². The largest absolute Gasteiger partial charge is 0.586 e. The van der Waals surface area contributed by atoms with Gasteiger partial charge in [-0.2, -0.15) is 0 Å². The van der Waals surface area contributed by atoms with E-state index in [0.29, 0.717) is 25.9 Å². The normalized spacial score (nSPS) is 21.2. The monoisotopic (exact) mass is 255 g/mol. The first-order chi connectivity index (χ1) is 8.53. The van der Waals surface area contributed by atoms with Crippen LogP contribution in [-0.4, -0.2) is 25.2 Å². The van der Waals surface area contributed by atoms with Crippen molar-refractivity contribution in [1.82, 2.24) is 0 Å². The van der Waals surface area contributed by atoms with Crippen molar-refractivity contribution in [3.8, 4) is 11.5 Å². The lowest BCUT2D eigenvalue weighted by molar-refractivity contribution is -0.286. The SMILES string of the molecule is O=C1CCN(c2ccc3c(c2)OC(F)(F)O3)CC1. The summed E-state index contributed by atoms with van der Waals surface area (Å²) in [4.78, 5) is 13.1. The number of Topliss-reactive ketones (excluding diaryl/α,β-unsaturated/α-hetero) is 1. The lowest BCUT2D eigenvalue weighted by Gasteiger charge is -2.28. The van der Waals surface area contributed by atoms with Gasteiger partial charge in [-0.05, 0) is 12.1 Å². The van der Waals surface area contributed by atoms with Crippen molar-refractivity contribution in [2.24, 2.45) is 0 Å². The Hall–Kier alpha value is -1.85. The first-order valence-electron chi connectivity index (χ1n) is 5.70. The molecule has 18 heavy (non-hydrogen) atoms. The van der Waals surface area contributed by atoms with E-state index >= 15 is 0 Å². The van der Waals surface area contributed by atoms with Crippen LogP contribution in [0.5, 0.6) is 11.5 Å². The summed E-state index contributed by atoms with van der Waals surface area (Å²) in [6.07, 6.45) is -2.60. The van der Waals surface area contributed by atoms with Crippen molar-refractivity contribution >= 4 is 11.5 Å². The van der Waals surface area contributed by atoms with E-state index < -0.39 is 6.29 Å². The van der Waals surface area contributed by atoms with Gasteiger partial charge in [0.05, 0.1) is 0 Å². The van der Waals surface area contributed by atoms with E-state index in [2.05, 4.69) is 9.47 Å². The molecule has 1 saturated heterocycles. The van der Waals surface area contributed by atoms with Crippen LogP contribution in [0.15, 0.2) is 18.2 Å². The van der Waals surface area contributed by atoms with Crippen LogP contribution in [0.25, 0.3) is 0 Å². The highest BCUT2D eigenvalue weighted by Crippen LogP contribution is 2.42. The molecule has 2 aliphatic rings. The smallest absolute Gasteiger partial charge is 0.395 e. The minimum atomic E-state index is -3.58. The van der Waals surface area contributed by atoms with Gasteiger partial charge in [0.25, 0.3) is 0 Å². The number of fused-ring (bicyclic) bond motifs is 1. The highest BCUT2D eigenvalue weighted by molar-refractivity contribution is 5.81. The summed E-state index contributed by atoms with van der Waals surface area (Å²) in [5.74, 6) is 0.310. The number of nitrogens with zero attached hydrogens (tertiary/aromatic N) is 1. The molecule has 2 aliphatic heterocycles. The Bertz CT molecular complexity index is 494. The number of rotatable bonds is 1. The second-order valence-electron chi connectivity index (χ2n) is 4.32. The molecule has 2 heterocycles. The maximum Gasteiger partial charge on any atom is 0.586 e. The summed E-state index contributed by atoms with van der Waals surface area (Å²) < 4.78 is 34.4. The molecule has 0 spiro atoms. The first kappa shape index (κ1) is 11.3. The molecule has 0 aromatic heterocycles. The Labute approximate surface area is 102 Å². The van der Waals surface area contributed by atoms with Gasteiger partial charge in [-0.1, -0.05) is 0 Å². The Morgan fingerprint density at radius 2 is 1.78 bits per heavy atom. The fourth-order valence-corrected chi connectivity index (χ4v) is 2.15. The average Bonchev–Trinajstić information content (AvgIpc) is 2.62. The van der Waals surface area contributed by atoms with Gasteiger partial charge in [-0.25, -0.2) is 0 Å². The minimum absolute atomic E-state index is 0.0365. The quantitative estimate of drug-likeness (QED) is 0.771. The van der Waals surface area contributed by atoms with E-state index in [0.717, 1.165) is 5.69 Å². The molecule has 1 aromatic carbocycles. The predicted molar refractivity (Wildman–Crippen MR) is 59.1 cm³/mol. The van der Waals surface area contributed by atoms with E-state index in [1.165, 1.54) is 12.1 Å². The third kappa shape index (κ3) is 1.98. The zero-order valence-electron chi connectivity index (χ0n) is 9.49. The van der Waals surface area contributed by atoms with Gasteiger partial charge >= 0.3 is 6.29 Å². The van der Waals surface area contributed by atoms with Crippen molar-refractivity contribution < 1.29 is 23.0 Å². The van der Waals surface area contributed by atoms with Crippen molar-refractivity contribution in [1.29, 1.82) is 0 Å². The van der Waals surface area contributed by atoms with Gasteiger partial charge in [-0.15, -0.1) is 8.78 Å². The number of anilines is 1. The number of alkyl halides is 2. The number of ketones is 1. The maximum absolute atomic E-state index is 12.9. The Morgan fingerprint density at radius 1 is 1.11 bits per heavy atom. The lowest BCUT2D eigenvalue weighted by atomic mass is 10.1. The summed E-state index contributed by atoms with van der Waals surface area (Å²) in [5.41, 5.74) is 0.766. The second-order valence-corrected chi connectivity index (χ2v) is 4.32. The van der Waals surface area contributed by atoms with E-state index in [4.69, 9.17) is 0 Å². The molecule has 0 atom stereocenters. The van der Waals surface area contributed by atoms with E-state index in [1.807, 2.05) is 4.90 Å². The Balaban J connectivity index is 1.82. The summed E-state index contributed by atoms with van der Waals surface area (Å²) in [6.45, 7) is 1.21. The van der Waals surface area contributed by atoms with Gasteiger partial charge in [0.1, 0.15) is 5.78 Å². The van der Waals surface area contributed by atoms with Gasteiger partial charge in [0.15, 0.2) is 11.5 Å². The average molecular weight is 255 g/mol. The van der Waals surface area contributed by atoms with E-state index in [9.17, 15) is 13.6 Å². The number of ether oxygens (including phenoxy) is 2. The topological polar surface area (TPSA) is 38.8 Å². The molecule has 0 N–H and O–H groups in total. The molecule has 3 rings (SSSR count). The molecule has 96 valence electrons. The number of hydrogen-bond donors (Lipinski definition) is 0. The van der Waals surface area contributed by atoms with Crippen LogP contribution in [0.2, 0.25) is 0 Å². The van der Waals surface area contributed by atoms with Crippen LogP contribution in [0.1, 0.15) is 12.8 Å². The standard InChI is InChI=1S/C12H11F2NO3/c13-12(14)17-10-2-1-8(7-11(10)18-12)15-5-3-9(16)4-6-15/h1-2,7H,3-6H2. The number of carbonyl (C=O) groups excluding carboxylic acids is 1. The number of benzene rings is 1. The molecule has 0 aliphatic carbocycles. The Kier molecular flexibility index (Phi) is 2.39. The van der Waals surface area contributed by atoms with Crippen molar-refractivity contribution in [2.45, 2.75) is 19.1 Å². The third-order valence-corrected chi connectivity index (χ3v) is 3.07. The zero-order chi connectivity index (χ0) is 12.8. The lowest BCUT2D eigenvalue weighted by Crippen LogP contribution is -2.33. The van der Waals surface area contributed by atoms with Gasteiger partial charge in [-0.3, -0.25) is 4.79 Å². The van der Waals surface area contributed by atoms with Crippen LogP contribution >= 0.6 is 0 Å². The molecule has 0 radical (unpaired) electrons. The zero-order valence-corrected chi connectivity index (χ0v) is 9.49. The molecule has 0 bridgehead atoms. The summed E-state index contributed by atoms with van der Waals surface area (Å²) in [6, 6.07) is 4.67. The fraction of sp³-hybridized carbons (Fsp3) is 0.417. The molecule has 6 heteroatoms. The van der Waals surface area contributed by atoms with Crippen LogP contribution in [-0.2, 0) is 4.79 Å². The number of halogens is 2. The van der Waals surface area contributed by atoms with Crippen LogP contribution < -0.4 is 14.4 Å². The van der Waals surface area contributed by atoms with E-state index in [1.54, 1.807) is 6.07 Å². The summed E-state index contributed by atoms with van der Waals surface area (Å²) in [7, 11) is 0. The molecule has 0 unspecified atom stereocenters.